The predicted molar refractivity (Wildman–Crippen MR) is 71.0 cm³/mol. The van der Waals surface area contributed by atoms with Crippen molar-refractivity contribution >= 4 is 32.5 Å². The van der Waals surface area contributed by atoms with Gasteiger partial charge < -0.3 is 5.73 Å². The highest BCUT2D eigenvalue weighted by atomic mass is 79.9. The van der Waals surface area contributed by atoms with Gasteiger partial charge in [-0.2, -0.15) is 0 Å². The number of hydrogen-bond donors (Lipinski definition) is 1. The second kappa shape index (κ2) is 3.85. The number of aromatic nitrogens is 3. The van der Waals surface area contributed by atoms with Crippen LogP contribution in [0, 0.1) is 0 Å². The van der Waals surface area contributed by atoms with Gasteiger partial charge in [-0.25, -0.2) is 4.68 Å². The third-order valence-corrected chi connectivity index (χ3v) is 3.20. The van der Waals surface area contributed by atoms with Crippen LogP contribution in [0.15, 0.2) is 47.3 Å². The van der Waals surface area contributed by atoms with Gasteiger partial charge in [0.2, 0.25) is 0 Å². The van der Waals surface area contributed by atoms with Crippen molar-refractivity contribution in [3.05, 3.63) is 47.3 Å². The molecule has 0 radical (unpaired) electrons. The maximum Gasteiger partial charge on any atom is 0.160 e. The molecular weight excluding hydrogens is 280 g/mol. The molecule has 84 valence electrons. The fourth-order valence-corrected chi connectivity index (χ4v) is 2.05. The zero-order valence-corrected chi connectivity index (χ0v) is 10.4. The number of fused-ring (bicyclic) bond motifs is 1. The van der Waals surface area contributed by atoms with Crippen molar-refractivity contribution in [3.63, 3.8) is 0 Å². The van der Waals surface area contributed by atoms with Crippen molar-refractivity contribution in [2.75, 3.05) is 5.73 Å². The van der Waals surface area contributed by atoms with Crippen LogP contribution in [-0.4, -0.2) is 14.8 Å². The second-order valence-corrected chi connectivity index (χ2v) is 4.54. The van der Waals surface area contributed by atoms with E-state index in [4.69, 9.17) is 5.73 Å². The average molecular weight is 289 g/mol. The Morgan fingerprint density at radius 3 is 2.76 bits per heavy atom. The highest BCUT2D eigenvalue weighted by molar-refractivity contribution is 9.10. The van der Waals surface area contributed by atoms with Crippen LogP contribution in [0.4, 0.5) is 5.82 Å². The van der Waals surface area contributed by atoms with Crippen LogP contribution in [-0.2, 0) is 0 Å². The van der Waals surface area contributed by atoms with Crippen LogP contribution in [0.25, 0.3) is 16.5 Å². The van der Waals surface area contributed by atoms with Gasteiger partial charge in [0, 0.05) is 23.2 Å². The molecular formula is C12H9BrN4. The SMILES string of the molecule is Nc1nn(-c2cncc3ccccc23)cc1Br. The first-order valence-electron chi connectivity index (χ1n) is 5.09. The van der Waals surface area contributed by atoms with Crippen molar-refractivity contribution in [3.8, 4) is 5.69 Å². The quantitative estimate of drug-likeness (QED) is 0.749. The molecule has 0 aliphatic rings. The van der Waals surface area contributed by atoms with E-state index in [9.17, 15) is 0 Å². The molecule has 0 spiro atoms. The zero-order chi connectivity index (χ0) is 11.8. The van der Waals surface area contributed by atoms with Crippen molar-refractivity contribution in [2.24, 2.45) is 0 Å². The number of nitrogen functional groups attached to an aromatic ring is 1. The summed E-state index contributed by atoms with van der Waals surface area (Å²) < 4.78 is 2.51. The molecule has 2 aromatic heterocycles. The Balaban J connectivity index is 2.30. The lowest BCUT2D eigenvalue weighted by Gasteiger charge is -2.04. The maximum atomic E-state index is 5.72. The van der Waals surface area contributed by atoms with Gasteiger partial charge in [-0.05, 0) is 15.9 Å². The Labute approximate surface area is 106 Å². The predicted octanol–water partition coefficient (Wildman–Crippen LogP) is 2.77. The summed E-state index contributed by atoms with van der Waals surface area (Å²) >= 11 is 3.35. The fraction of sp³-hybridized carbons (Fsp3) is 0. The molecule has 5 heteroatoms. The summed E-state index contributed by atoms with van der Waals surface area (Å²) in [4.78, 5) is 4.21. The average Bonchev–Trinajstić information content (AvgIpc) is 2.69. The molecule has 0 bridgehead atoms. The summed E-state index contributed by atoms with van der Waals surface area (Å²) in [5.41, 5.74) is 6.64. The molecule has 2 heterocycles. The van der Waals surface area contributed by atoms with Gasteiger partial charge in [-0.15, -0.1) is 5.10 Å². The first-order chi connectivity index (χ1) is 8.25. The molecule has 0 aliphatic heterocycles. The normalized spacial score (nSPS) is 10.9. The van der Waals surface area contributed by atoms with Crippen LogP contribution < -0.4 is 5.73 Å². The lowest BCUT2D eigenvalue weighted by Crippen LogP contribution is -1.98. The van der Waals surface area contributed by atoms with E-state index in [-0.39, 0.29) is 0 Å². The van der Waals surface area contributed by atoms with Crippen molar-refractivity contribution in [2.45, 2.75) is 0 Å². The van der Waals surface area contributed by atoms with Crippen LogP contribution >= 0.6 is 15.9 Å². The smallest absolute Gasteiger partial charge is 0.160 e. The van der Waals surface area contributed by atoms with E-state index < -0.39 is 0 Å². The number of rotatable bonds is 1. The monoisotopic (exact) mass is 288 g/mol. The molecule has 3 rings (SSSR count). The van der Waals surface area contributed by atoms with Gasteiger partial charge in [-0.3, -0.25) is 4.98 Å². The minimum atomic E-state index is 0.470. The molecule has 3 aromatic rings. The first-order valence-corrected chi connectivity index (χ1v) is 5.89. The molecule has 0 unspecified atom stereocenters. The zero-order valence-electron chi connectivity index (χ0n) is 8.84. The van der Waals surface area contributed by atoms with Crippen molar-refractivity contribution in [1.29, 1.82) is 0 Å². The molecule has 0 saturated carbocycles. The van der Waals surface area contributed by atoms with Gasteiger partial charge >= 0.3 is 0 Å². The van der Waals surface area contributed by atoms with Gasteiger partial charge in [0.25, 0.3) is 0 Å². The minimum Gasteiger partial charge on any atom is -0.381 e. The standard InChI is InChI=1S/C12H9BrN4/c13-10-7-17(16-12(10)14)11-6-15-5-8-3-1-2-4-9(8)11/h1-7H,(H2,14,16). The Morgan fingerprint density at radius 1 is 1.18 bits per heavy atom. The van der Waals surface area contributed by atoms with E-state index >= 15 is 0 Å². The largest absolute Gasteiger partial charge is 0.381 e. The molecule has 17 heavy (non-hydrogen) atoms. The summed E-state index contributed by atoms with van der Waals surface area (Å²) in [5.74, 6) is 0.470. The van der Waals surface area contributed by atoms with E-state index in [0.717, 1.165) is 20.9 Å². The molecule has 0 atom stereocenters. The van der Waals surface area contributed by atoms with Crippen molar-refractivity contribution < 1.29 is 0 Å². The highest BCUT2D eigenvalue weighted by Gasteiger charge is 2.07. The van der Waals surface area contributed by atoms with Gasteiger partial charge in [0.15, 0.2) is 5.82 Å². The maximum absolute atomic E-state index is 5.72. The summed E-state index contributed by atoms with van der Waals surface area (Å²) in [6, 6.07) is 8.04. The summed E-state index contributed by atoms with van der Waals surface area (Å²) in [5, 5.41) is 6.41. The van der Waals surface area contributed by atoms with Gasteiger partial charge in [0.05, 0.1) is 16.4 Å². The lowest BCUT2D eigenvalue weighted by atomic mass is 10.1. The number of halogens is 1. The Morgan fingerprint density at radius 2 is 2.00 bits per heavy atom. The number of pyridine rings is 1. The molecule has 0 aliphatic carbocycles. The summed E-state index contributed by atoms with van der Waals surface area (Å²) in [6.07, 6.45) is 5.45. The van der Waals surface area contributed by atoms with Gasteiger partial charge in [-0.1, -0.05) is 24.3 Å². The molecule has 0 fully saturated rings. The summed E-state index contributed by atoms with van der Waals surface area (Å²) in [6.45, 7) is 0. The Kier molecular flexibility index (Phi) is 2.33. The van der Waals surface area contributed by atoms with Gasteiger partial charge in [0.1, 0.15) is 0 Å². The Hall–Kier alpha value is -1.88. The summed E-state index contributed by atoms with van der Waals surface area (Å²) in [7, 11) is 0. The molecule has 0 saturated heterocycles. The number of nitrogens with two attached hydrogens (primary N) is 1. The van der Waals surface area contributed by atoms with Crippen LogP contribution in [0.1, 0.15) is 0 Å². The van der Waals surface area contributed by atoms with E-state index in [0.29, 0.717) is 5.82 Å². The van der Waals surface area contributed by atoms with Crippen LogP contribution in [0.3, 0.4) is 0 Å². The van der Waals surface area contributed by atoms with E-state index in [2.05, 4.69) is 26.0 Å². The highest BCUT2D eigenvalue weighted by Crippen LogP contribution is 2.24. The van der Waals surface area contributed by atoms with E-state index in [1.54, 1.807) is 10.9 Å². The molecule has 4 nitrogen and oxygen atoms in total. The molecule has 1 aromatic carbocycles. The molecule has 2 N–H and O–H groups in total. The number of anilines is 1. The van der Waals surface area contributed by atoms with Crippen molar-refractivity contribution in [1.82, 2.24) is 14.8 Å². The van der Waals surface area contributed by atoms with E-state index in [1.165, 1.54) is 0 Å². The van der Waals surface area contributed by atoms with Crippen LogP contribution in [0.2, 0.25) is 0 Å². The van der Waals surface area contributed by atoms with Crippen LogP contribution in [0.5, 0.6) is 0 Å². The van der Waals surface area contributed by atoms with E-state index in [1.807, 2.05) is 36.7 Å². The third-order valence-electron chi connectivity index (χ3n) is 2.59. The minimum absolute atomic E-state index is 0.470. The number of hydrogen-bond acceptors (Lipinski definition) is 3. The lowest BCUT2D eigenvalue weighted by molar-refractivity contribution is 0.887. The third kappa shape index (κ3) is 1.68. The fourth-order valence-electron chi connectivity index (χ4n) is 1.77. The number of benzene rings is 1. The molecule has 0 amide bonds. The first kappa shape index (κ1) is 10.3. The number of nitrogens with zero attached hydrogens (tertiary/aromatic N) is 3. The topological polar surface area (TPSA) is 56.7 Å². The Bertz CT molecular complexity index is 665. The second-order valence-electron chi connectivity index (χ2n) is 3.69.